The summed E-state index contributed by atoms with van der Waals surface area (Å²) in [5.41, 5.74) is 0.628. The van der Waals surface area contributed by atoms with Crippen molar-refractivity contribution in [3.63, 3.8) is 0 Å². The van der Waals surface area contributed by atoms with Gasteiger partial charge in [0, 0.05) is 6.42 Å². The van der Waals surface area contributed by atoms with Gasteiger partial charge in [-0.1, -0.05) is 19.1 Å². The van der Waals surface area contributed by atoms with E-state index in [1.54, 1.807) is 6.92 Å². The molecule has 0 radical (unpaired) electrons. The quantitative estimate of drug-likeness (QED) is 0.781. The Morgan fingerprint density at radius 1 is 1.24 bits per heavy atom. The Hall–Kier alpha value is -1.23. The van der Waals surface area contributed by atoms with E-state index in [1.807, 2.05) is 0 Å². The largest absolute Gasteiger partial charge is 0.298 e. The van der Waals surface area contributed by atoms with Gasteiger partial charge in [0.05, 0.1) is 5.75 Å². The number of hydrogen-bond acceptors (Lipinski definition) is 3. The third-order valence-corrected chi connectivity index (χ3v) is 4.00. The molecule has 0 atom stereocenters. The van der Waals surface area contributed by atoms with Gasteiger partial charge in [0.1, 0.15) is 11.6 Å². The topological polar surface area (TPSA) is 51.2 Å². The molecule has 0 unspecified atom stereocenters. The molecular weight excluding hydrogens is 243 g/mol. The average Bonchev–Trinajstić information content (AvgIpc) is 2.20. The van der Waals surface area contributed by atoms with E-state index in [0.29, 0.717) is 12.0 Å². The van der Waals surface area contributed by atoms with Crippen molar-refractivity contribution in [1.82, 2.24) is 0 Å². The SMILES string of the molecule is CCCS(=O)(=O)CC(=O)Cc1ccc(F)cc1. The van der Waals surface area contributed by atoms with Crippen LogP contribution in [0.25, 0.3) is 0 Å². The predicted octanol–water partition coefficient (Wildman–Crippen LogP) is 1.76. The highest BCUT2D eigenvalue weighted by Crippen LogP contribution is 2.05. The van der Waals surface area contributed by atoms with Gasteiger partial charge in [0.2, 0.25) is 0 Å². The summed E-state index contributed by atoms with van der Waals surface area (Å²) in [7, 11) is -3.28. The molecule has 0 aliphatic rings. The summed E-state index contributed by atoms with van der Waals surface area (Å²) in [4.78, 5) is 11.5. The highest BCUT2D eigenvalue weighted by Gasteiger charge is 2.15. The van der Waals surface area contributed by atoms with Crippen LogP contribution >= 0.6 is 0 Å². The molecule has 0 N–H and O–H groups in total. The molecule has 0 saturated carbocycles. The number of halogens is 1. The molecule has 1 rings (SSSR count). The number of carbonyl (C=O) groups is 1. The maximum Gasteiger partial charge on any atom is 0.157 e. The lowest BCUT2D eigenvalue weighted by Gasteiger charge is -2.02. The number of hydrogen-bond donors (Lipinski definition) is 0. The fourth-order valence-electron chi connectivity index (χ4n) is 1.51. The van der Waals surface area contributed by atoms with Crippen molar-refractivity contribution >= 4 is 15.6 Å². The highest BCUT2D eigenvalue weighted by molar-refractivity contribution is 7.92. The van der Waals surface area contributed by atoms with Crippen LogP contribution in [0.4, 0.5) is 4.39 Å². The summed E-state index contributed by atoms with van der Waals surface area (Å²) in [6, 6.07) is 5.48. The highest BCUT2D eigenvalue weighted by atomic mass is 32.2. The van der Waals surface area contributed by atoms with E-state index >= 15 is 0 Å². The fourth-order valence-corrected chi connectivity index (χ4v) is 2.87. The molecule has 0 aliphatic carbocycles. The first-order valence-corrected chi connectivity index (χ1v) is 7.21. The number of Topliss-reactive ketones (excluding diaryl/α,β-unsaturated/α-hetero) is 1. The van der Waals surface area contributed by atoms with Gasteiger partial charge in [-0.05, 0) is 24.1 Å². The average molecular weight is 258 g/mol. The van der Waals surface area contributed by atoms with Crippen molar-refractivity contribution < 1.29 is 17.6 Å². The summed E-state index contributed by atoms with van der Waals surface area (Å²) in [6.45, 7) is 1.75. The smallest absolute Gasteiger partial charge is 0.157 e. The van der Waals surface area contributed by atoms with Gasteiger partial charge in [0.25, 0.3) is 0 Å². The molecule has 1 aromatic carbocycles. The number of benzene rings is 1. The second kappa shape index (κ2) is 5.91. The molecule has 17 heavy (non-hydrogen) atoms. The Labute approximate surface area is 101 Å². The van der Waals surface area contributed by atoms with E-state index in [-0.39, 0.29) is 23.8 Å². The summed E-state index contributed by atoms with van der Waals surface area (Å²) in [5.74, 6) is -1.13. The normalized spacial score (nSPS) is 11.4. The minimum Gasteiger partial charge on any atom is -0.298 e. The van der Waals surface area contributed by atoms with Crippen LogP contribution in [0.1, 0.15) is 18.9 Å². The molecule has 5 heteroatoms. The van der Waals surface area contributed by atoms with E-state index in [4.69, 9.17) is 0 Å². The standard InChI is InChI=1S/C12H15FO3S/c1-2-7-17(15,16)9-12(14)8-10-3-5-11(13)6-4-10/h3-6H,2,7-9H2,1H3. The number of sulfone groups is 1. The molecule has 0 aliphatic heterocycles. The third kappa shape index (κ3) is 5.08. The third-order valence-electron chi connectivity index (χ3n) is 2.21. The van der Waals surface area contributed by atoms with E-state index in [2.05, 4.69) is 0 Å². The van der Waals surface area contributed by atoms with Gasteiger partial charge in [-0.15, -0.1) is 0 Å². The number of carbonyl (C=O) groups excluding carboxylic acids is 1. The van der Waals surface area contributed by atoms with E-state index in [9.17, 15) is 17.6 Å². The van der Waals surface area contributed by atoms with Crippen LogP contribution in [0.3, 0.4) is 0 Å². The Balaban J connectivity index is 2.59. The van der Waals surface area contributed by atoms with E-state index < -0.39 is 15.6 Å². The van der Waals surface area contributed by atoms with Crippen LogP contribution < -0.4 is 0 Å². The molecule has 0 spiro atoms. The minimum absolute atomic E-state index is 0.0299. The van der Waals surface area contributed by atoms with Crippen LogP contribution in [-0.2, 0) is 21.1 Å². The van der Waals surface area contributed by atoms with Gasteiger partial charge in [-0.25, -0.2) is 12.8 Å². The Morgan fingerprint density at radius 3 is 2.35 bits per heavy atom. The van der Waals surface area contributed by atoms with Gasteiger partial charge in [-0.3, -0.25) is 4.79 Å². The summed E-state index contributed by atoms with van der Waals surface area (Å²) in [6.07, 6.45) is 0.537. The molecule has 0 heterocycles. The molecule has 0 fully saturated rings. The first kappa shape index (κ1) is 13.8. The van der Waals surface area contributed by atoms with Gasteiger partial charge >= 0.3 is 0 Å². The first-order valence-electron chi connectivity index (χ1n) is 5.39. The second-order valence-corrected chi connectivity index (χ2v) is 6.12. The number of rotatable bonds is 6. The summed E-state index contributed by atoms with van der Waals surface area (Å²) < 4.78 is 35.4. The lowest BCUT2D eigenvalue weighted by atomic mass is 10.1. The van der Waals surface area contributed by atoms with Crippen LogP contribution in [0.5, 0.6) is 0 Å². The van der Waals surface area contributed by atoms with Gasteiger partial charge < -0.3 is 0 Å². The maximum atomic E-state index is 12.6. The van der Waals surface area contributed by atoms with Crippen molar-refractivity contribution in [1.29, 1.82) is 0 Å². The minimum atomic E-state index is -3.28. The van der Waals surface area contributed by atoms with Crippen molar-refractivity contribution in [2.75, 3.05) is 11.5 Å². The molecule has 0 bridgehead atoms. The van der Waals surface area contributed by atoms with E-state index in [0.717, 1.165) is 0 Å². The van der Waals surface area contributed by atoms with E-state index in [1.165, 1.54) is 24.3 Å². The summed E-state index contributed by atoms with van der Waals surface area (Å²) >= 11 is 0. The van der Waals surface area contributed by atoms with Crippen LogP contribution in [0, 0.1) is 5.82 Å². The van der Waals surface area contributed by atoms with Crippen molar-refractivity contribution in [3.05, 3.63) is 35.6 Å². The fraction of sp³-hybridized carbons (Fsp3) is 0.417. The second-order valence-electron chi connectivity index (χ2n) is 3.93. The monoisotopic (exact) mass is 258 g/mol. The zero-order valence-corrected chi connectivity index (χ0v) is 10.5. The lowest BCUT2D eigenvalue weighted by molar-refractivity contribution is -0.116. The van der Waals surface area contributed by atoms with Crippen molar-refractivity contribution in [3.8, 4) is 0 Å². The zero-order valence-electron chi connectivity index (χ0n) is 9.65. The van der Waals surface area contributed by atoms with Crippen LogP contribution in [-0.4, -0.2) is 25.7 Å². The van der Waals surface area contributed by atoms with Crippen LogP contribution in [0.15, 0.2) is 24.3 Å². The molecule has 0 amide bonds. The summed E-state index contributed by atoms with van der Waals surface area (Å²) in [5, 5.41) is 0. The Kier molecular flexibility index (Phi) is 4.81. The molecule has 3 nitrogen and oxygen atoms in total. The maximum absolute atomic E-state index is 12.6. The van der Waals surface area contributed by atoms with Gasteiger partial charge in [0.15, 0.2) is 15.6 Å². The Bertz CT molecular complexity index is 477. The zero-order chi connectivity index (χ0) is 12.9. The molecular formula is C12H15FO3S. The first-order chi connectivity index (χ1) is 7.93. The molecule has 0 saturated heterocycles. The molecule has 0 aromatic heterocycles. The molecule has 1 aromatic rings. The van der Waals surface area contributed by atoms with Crippen molar-refractivity contribution in [2.24, 2.45) is 0 Å². The number of ketones is 1. The lowest BCUT2D eigenvalue weighted by Crippen LogP contribution is -2.20. The Morgan fingerprint density at radius 2 is 1.82 bits per heavy atom. The van der Waals surface area contributed by atoms with Crippen molar-refractivity contribution in [2.45, 2.75) is 19.8 Å². The van der Waals surface area contributed by atoms with Crippen LogP contribution in [0.2, 0.25) is 0 Å². The molecule has 94 valence electrons. The van der Waals surface area contributed by atoms with Gasteiger partial charge in [-0.2, -0.15) is 0 Å². The predicted molar refractivity (Wildman–Crippen MR) is 64.1 cm³/mol.